The average Bonchev–Trinajstić information content (AvgIpc) is 2.33. The van der Waals surface area contributed by atoms with Crippen molar-refractivity contribution in [3.8, 4) is 33.8 Å². The molecule has 0 aromatic heterocycles. The number of aryl methyl sites for hydroxylation is 2. The van der Waals surface area contributed by atoms with Gasteiger partial charge in [-0.3, -0.25) is 9.59 Å². The smallest absolute Gasteiger partial charge is 0.261 e. The zero-order chi connectivity index (χ0) is 58.3. The third-order valence-corrected chi connectivity index (χ3v) is 16.7. The maximum Gasteiger partial charge on any atom is 0.261 e. The molecule has 2 amide bonds. The summed E-state index contributed by atoms with van der Waals surface area (Å²) in [4.78, 5) is 35.0. The summed E-state index contributed by atoms with van der Waals surface area (Å²) in [7, 11) is 6.81. The van der Waals surface area contributed by atoms with Gasteiger partial charge >= 0.3 is 0 Å². The highest BCUT2D eigenvalue weighted by Crippen LogP contribution is 2.51. The lowest BCUT2D eigenvalue weighted by atomic mass is 9.95. The maximum atomic E-state index is 14.7. The number of carbonyl (C=O) groups is 2. The quantitative estimate of drug-likeness (QED) is 0.0949. The molecule has 0 radical (unpaired) electrons. The predicted molar refractivity (Wildman–Crippen MR) is 344 cm³/mol. The van der Waals surface area contributed by atoms with Gasteiger partial charge in [-0.25, -0.2) is 0 Å². The molecular weight excluding hydrogens is 1050 g/mol. The molecule has 2 aliphatic rings. The van der Waals surface area contributed by atoms with Crippen molar-refractivity contribution < 1.29 is 19.1 Å². The Morgan fingerprint density at radius 1 is 0.424 bits per heavy atom. The fourth-order valence-corrected chi connectivity index (χ4v) is 12.5. The van der Waals surface area contributed by atoms with E-state index in [4.69, 9.17) is 29.9 Å². The number of rotatable bonds is 15. The van der Waals surface area contributed by atoms with E-state index in [2.05, 4.69) is 116 Å². The lowest BCUT2D eigenvalue weighted by Crippen LogP contribution is -2.27. The summed E-state index contributed by atoms with van der Waals surface area (Å²) in [6.07, 6.45) is 2.98. The van der Waals surface area contributed by atoms with Crippen molar-refractivity contribution in [3.63, 3.8) is 0 Å². The molecule has 2 aliphatic carbocycles. The second-order valence-electron chi connectivity index (χ2n) is 21.5. The lowest BCUT2D eigenvalue weighted by molar-refractivity contribution is 0.0982. The van der Waals surface area contributed by atoms with E-state index < -0.39 is 0 Å². The van der Waals surface area contributed by atoms with Gasteiger partial charge in [0.25, 0.3) is 11.8 Å². The molecule has 0 unspecified atom stereocenters. The Hall–Kier alpha value is -10.5. The van der Waals surface area contributed by atoms with Crippen LogP contribution in [0, 0.1) is 0 Å². The fraction of sp³-hybridized carbons (Fsp3) is 0.135. The highest BCUT2D eigenvalue weighted by molar-refractivity contribution is 6.16. The number of ether oxygens (including phenoxy) is 2. The normalized spacial score (nSPS) is 12.1. The van der Waals surface area contributed by atoms with Crippen LogP contribution in [-0.4, -0.2) is 40.1 Å². The van der Waals surface area contributed by atoms with Crippen molar-refractivity contribution in [1.82, 2.24) is 0 Å². The van der Waals surface area contributed by atoms with Gasteiger partial charge in [-0.2, -0.15) is 10.2 Å². The van der Waals surface area contributed by atoms with Crippen LogP contribution in [0.3, 0.4) is 0 Å². The van der Waals surface area contributed by atoms with E-state index in [0.717, 1.165) is 96.2 Å². The highest BCUT2D eigenvalue weighted by Gasteiger charge is 2.31. The molecule has 416 valence electrons. The van der Waals surface area contributed by atoms with Crippen LogP contribution in [0.4, 0.5) is 51.2 Å². The molecule has 0 bridgehead atoms. The highest BCUT2D eigenvalue weighted by atomic mass is 16.5. The number of hydrogen-bond donors (Lipinski definition) is 0. The Morgan fingerprint density at radius 2 is 0.812 bits per heavy atom. The van der Waals surface area contributed by atoms with Crippen LogP contribution in [-0.2, 0) is 25.7 Å². The molecule has 0 saturated heterocycles. The van der Waals surface area contributed by atoms with Gasteiger partial charge < -0.3 is 24.2 Å². The van der Waals surface area contributed by atoms with Gasteiger partial charge in [0.05, 0.1) is 36.7 Å². The Bertz CT molecular complexity index is 4230. The number of para-hydroxylation sites is 3. The Kier molecular flexibility index (Phi) is 14.3. The second-order valence-corrected chi connectivity index (χ2v) is 21.5. The number of benzene rings is 11. The van der Waals surface area contributed by atoms with Crippen molar-refractivity contribution in [3.05, 3.63) is 257 Å². The molecule has 0 heterocycles. The largest absolute Gasteiger partial charge is 0.494 e. The summed E-state index contributed by atoms with van der Waals surface area (Å²) in [5, 5.41) is 23.4. The van der Waals surface area contributed by atoms with Crippen LogP contribution in [0.15, 0.2) is 233 Å². The molecule has 0 N–H and O–H groups in total. The number of nitrogens with zero attached hydrogens (tertiary/aromatic N) is 7. The molecule has 11 aromatic carbocycles. The van der Waals surface area contributed by atoms with E-state index in [-0.39, 0.29) is 11.8 Å². The number of carbonyl (C=O) groups excluding carboxylic acids is 2. The molecule has 11 aromatic rings. The van der Waals surface area contributed by atoms with Gasteiger partial charge in [-0.1, -0.05) is 141 Å². The van der Waals surface area contributed by atoms with E-state index >= 15 is 0 Å². The van der Waals surface area contributed by atoms with Gasteiger partial charge in [0.2, 0.25) is 0 Å². The lowest BCUT2D eigenvalue weighted by Gasteiger charge is -2.25. The molecule has 11 nitrogen and oxygen atoms in total. The molecule has 11 heteroatoms. The first kappa shape index (κ1) is 53.8. The van der Waals surface area contributed by atoms with E-state index in [0.29, 0.717) is 58.2 Å². The van der Waals surface area contributed by atoms with E-state index in [1.54, 1.807) is 24.0 Å². The minimum Gasteiger partial charge on any atom is -0.494 e. The number of hydrogen-bond acceptors (Lipinski definition) is 9. The van der Waals surface area contributed by atoms with Crippen molar-refractivity contribution in [2.75, 3.05) is 43.0 Å². The third-order valence-electron chi connectivity index (χ3n) is 16.7. The van der Waals surface area contributed by atoms with Gasteiger partial charge in [0, 0.05) is 53.3 Å². The van der Waals surface area contributed by atoms with Gasteiger partial charge in [0.1, 0.15) is 11.4 Å². The molecule has 0 spiro atoms. The summed E-state index contributed by atoms with van der Waals surface area (Å²) in [6.45, 7) is 4.18. The Labute approximate surface area is 494 Å². The van der Waals surface area contributed by atoms with Crippen molar-refractivity contribution in [2.24, 2.45) is 20.5 Å². The molecular formula is C74H61N7O4. The average molecular weight is 1110 g/mol. The summed E-state index contributed by atoms with van der Waals surface area (Å²) in [5.41, 5.74) is 18.9. The SMILES string of the molecule is CCc1ccccc1N(C)C(=O)c1cc2ccc3c(c2c(N=Nc2ccc(N(c4ccccc4)c4ccc(N=Nc5c(OC)c(C(=O)N(C)c6ccccc6CC)cc6ccc7c(c56)Cc5ccccc5-7)cc4)cc2)c1OC)Cc1ccccc1-3. The van der Waals surface area contributed by atoms with Gasteiger partial charge in [-0.15, -0.1) is 10.2 Å². The summed E-state index contributed by atoms with van der Waals surface area (Å²) >= 11 is 0. The van der Waals surface area contributed by atoms with E-state index in [1.165, 1.54) is 22.3 Å². The van der Waals surface area contributed by atoms with Gasteiger partial charge in [0.15, 0.2) is 11.5 Å². The summed E-state index contributed by atoms with van der Waals surface area (Å²) in [5.74, 6) is 0.315. The number of azo groups is 2. The minimum absolute atomic E-state index is 0.207. The zero-order valence-electron chi connectivity index (χ0n) is 48.3. The van der Waals surface area contributed by atoms with Crippen molar-refractivity contribution in [2.45, 2.75) is 39.5 Å². The van der Waals surface area contributed by atoms with Gasteiger partial charge in [-0.05, 0) is 177 Å². The first-order valence-electron chi connectivity index (χ1n) is 28.8. The zero-order valence-corrected chi connectivity index (χ0v) is 48.3. The van der Waals surface area contributed by atoms with Crippen LogP contribution in [0.5, 0.6) is 11.5 Å². The summed E-state index contributed by atoms with van der Waals surface area (Å²) < 4.78 is 12.4. The molecule has 85 heavy (non-hydrogen) atoms. The number of methoxy groups -OCH3 is 2. The van der Waals surface area contributed by atoms with Crippen LogP contribution >= 0.6 is 0 Å². The number of amides is 2. The standard InChI is InChI=1S/C74H61N7O4/c1-7-46-20-14-18-28-65(46)79(3)73(82)63-44-50-30-40-59-57-26-16-12-22-48(57)42-61(59)67(50)69(71(63)84-5)77-75-52-32-36-55(37-33-52)81(54-24-10-9-11-25-54)56-38-34-53(35-39-56)76-78-70-68-51(31-41-60-58-27-17-13-23-49(58)43-62(60)68)45-64(72(70)85-6)74(83)80(4)66-29-19-15-21-47(66)8-2/h9-41,44-45H,7-8,42-43H2,1-6H3. The minimum atomic E-state index is -0.207. The predicted octanol–water partition coefficient (Wildman–Crippen LogP) is 19.1. The molecule has 0 saturated carbocycles. The molecule has 0 atom stereocenters. The monoisotopic (exact) mass is 1110 g/mol. The molecule has 0 fully saturated rings. The number of fused-ring (bicyclic) bond motifs is 10. The number of anilines is 5. The van der Waals surface area contributed by atoms with Crippen LogP contribution in [0.25, 0.3) is 43.8 Å². The van der Waals surface area contributed by atoms with Crippen LogP contribution in [0.2, 0.25) is 0 Å². The van der Waals surface area contributed by atoms with E-state index in [1.807, 2.05) is 129 Å². The first-order valence-corrected chi connectivity index (χ1v) is 28.8. The first-order chi connectivity index (χ1) is 41.7. The van der Waals surface area contributed by atoms with Crippen LogP contribution in [0.1, 0.15) is 67.9 Å². The second kappa shape index (κ2) is 22.7. The molecule has 13 rings (SSSR count). The fourth-order valence-electron chi connectivity index (χ4n) is 12.5. The van der Waals surface area contributed by atoms with Crippen molar-refractivity contribution >= 4 is 84.5 Å². The Morgan fingerprint density at radius 3 is 1.24 bits per heavy atom. The van der Waals surface area contributed by atoms with E-state index in [9.17, 15) is 9.59 Å². The third kappa shape index (κ3) is 9.63. The summed E-state index contributed by atoms with van der Waals surface area (Å²) in [6, 6.07) is 71.3. The van der Waals surface area contributed by atoms with Crippen LogP contribution < -0.4 is 24.2 Å². The maximum absolute atomic E-state index is 14.7. The Balaban J connectivity index is 0.850. The topological polar surface area (TPSA) is 112 Å². The van der Waals surface area contributed by atoms with Crippen molar-refractivity contribution in [1.29, 1.82) is 0 Å². The molecule has 0 aliphatic heterocycles.